The van der Waals surface area contributed by atoms with E-state index in [2.05, 4.69) is 10.3 Å². The molecule has 0 unspecified atom stereocenters. The van der Waals surface area contributed by atoms with Gasteiger partial charge < -0.3 is 14.2 Å². The van der Waals surface area contributed by atoms with Crippen molar-refractivity contribution in [3.05, 3.63) is 23.8 Å². The molecule has 0 radical (unpaired) electrons. The molecule has 1 aromatic carbocycles. The van der Waals surface area contributed by atoms with E-state index in [1.54, 1.807) is 18.2 Å². The fourth-order valence-corrected chi connectivity index (χ4v) is 2.89. The van der Waals surface area contributed by atoms with E-state index in [1.807, 2.05) is 6.92 Å². The van der Waals surface area contributed by atoms with Crippen LogP contribution in [0.25, 0.3) is 0 Å². The first-order chi connectivity index (χ1) is 11.8. The van der Waals surface area contributed by atoms with Crippen molar-refractivity contribution in [3.63, 3.8) is 0 Å². The minimum atomic E-state index is -0.251. The Morgan fingerprint density at radius 3 is 2.83 bits per heavy atom. The number of ether oxygens (including phenoxy) is 3. The number of hydrogen-bond donors (Lipinski definition) is 1. The van der Waals surface area contributed by atoms with Gasteiger partial charge in [0.15, 0.2) is 11.5 Å². The van der Waals surface area contributed by atoms with Crippen LogP contribution < -0.4 is 14.8 Å². The van der Waals surface area contributed by atoms with E-state index in [0.717, 1.165) is 19.3 Å². The second-order valence-corrected chi connectivity index (χ2v) is 6.10. The summed E-state index contributed by atoms with van der Waals surface area (Å²) in [5.41, 5.74) is 0.496. The molecule has 0 atom stereocenters. The van der Waals surface area contributed by atoms with Gasteiger partial charge in [0.25, 0.3) is 11.9 Å². The molecule has 1 aliphatic carbocycles. The van der Waals surface area contributed by atoms with Crippen LogP contribution in [0.1, 0.15) is 55.8 Å². The van der Waals surface area contributed by atoms with Crippen LogP contribution >= 0.6 is 0 Å². The monoisotopic (exact) mass is 332 g/mol. The molecule has 1 amide bonds. The van der Waals surface area contributed by atoms with Crippen LogP contribution in [0.2, 0.25) is 0 Å². The highest BCUT2D eigenvalue weighted by Gasteiger charge is 2.19. The number of hydrogen-bond acceptors (Lipinski definition) is 5. The van der Waals surface area contributed by atoms with Crippen molar-refractivity contribution < 1.29 is 19.0 Å². The van der Waals surface area contributed by atoms with Gasteiger partial charge in [-0.25, -0.2) is 4.99 Å². The predicted molar refractivity (Wildman–Crippen MR) is 90.6 cm³/mol. The van der Waals surface area contributed by atoms with Crippen molar-refractivity contribution in [1.82, 2.24) is 5.32 Å². The molecule has 0 aromatic heterocycles. The molecule has 0 spiro atoms. The Balaban J connectivity index is 1.68. The topological polar surface area (TPSA) is 69.2 Å². The summed E-state index contributed by atoms with van der Waals surface area (Å²) in [6.07, 6.45) is 6.61. The predicted octanol–water partition coefficient (Wildman–Crippen LogP) is 3.26. The second kappa shape index (κ2) is 8.04. The van der Waals surface area contributed by atoms with Gasteiger partial charge in [0.1, 0.15) is 0 Å². The van der Waals surface area contributed by atoms with E-state index in [-0.39, 0.29) is 18.7 Å². The molecule has 6 heteroatoms. The van der Waals surface area contributed by atoms with Crippen LogP contribution in [0.15, 0.2) is 23.2 Å². The Hall–Kier alpha value is -2.24. The lowest BCUT2D eigenvalue weighted by Crippen LogP contribution is -2.34. The number of aliphatic imine (C=N–C) groups is 1. The van der Waals surface area contributed by atoms with Gasteiger partial charge in [-0.1, -0.05) is 26.2 Å². The van der Waals surface area contributed by atoms with Gasteiger partial charge >= 0.3 is 0 Å². The van der Waals surface area contributed by atoms with Crippen molar-refractivity contribution in [2.24, 2.45) is 4.99 Å². The molecule has 130 valence electrons. The molecule has 24 heavy (non-hydrogen) atoms. The summed E-state index contributed by atoms with van der Waals surface area (Å²) in [5, 5.41) is 2.80. The van der Waals surface area contributed by atoms with Crippen LogP contribution in [0, 0.1) is 0 Å². The minimum absolute atomic E-state index is 0.189. The van der Waals surface area contributed by atoms with Gasteiger partial charge in [0.05, 0.1) is 12.6 Å². The van der Waals surface area contributed by atoms with Crippen molar-refractivity contribution >= 4 is 11.9 Å². The summed E-state index contributed by atoms with van der Waals surface area (Å²) >= 11 is 0. The maximum absolute atomic E-state index is 12.5. The van der Waals surface area contributed by atoms with Gasteiger partial charge in [-0.3, -0.25) is 10.1 Å². The molecular weight excluding hydrogens is 308 g/mol. The molecule has 6 nitrogen and oxygen atoms in total. The summed E-state index contributed by atoms with van der Waals surface area (Å²) in [4.78, 5) is 17.1. The number of nitrogens with one attached hydrogen (secondary N) is 1. The molecule has 1 fully saturated rings. The maximum Gasteiger partial charge on any atom is 0.291 e. The fraction of sp³-hybridized carbons (Fsp3) is 0.556. The number of rotatable bonds is 4. The van der Waals surface area contributed by atoms with E-state index < -0.39 is 0 Å². The van der Waals surface area contributed by atoms with Gasteiger partial charge in [0, 0.05) is 5.56 Å². The minimum Gasteiger partial charge on any atom is -0.465 e. The average Bonchev–Trinajstić information content (AvgIpc) is 3.08. The number of amidine groups is 1. The van der Waals surface area contributed by atoms with Crippen molar-refractivity contribution in [3.8, 4) is 11.5 Å². The summed E-state index contributed by atoms with van der Waals surface area (Å²) in [6, 6.07) is 5.69. The quantitative estimate of drug-likeness (QED) is 0.679. The summed E-state index contributed by atoms with van der Waals surface area (Å²) < 4.78 is 16.2. The number of amides is 1. The first kappa shape index (κ1) is 16.6. The van der Waals surface area contributed by atoms with Gasteiger partial charge in [-0.15, -0.1) is 0 Å². The second-order valence-electron chi connectivity index (χ2n) is 6.10. The first-order valence-electron chi connectivity index (χ1n) is 8.68. The number of benzene rings is 1. The lowest BCUT2D eigenvalue weighted by atomic mass is 9.96. The highest BCUT2D eigenvalue weighted by atomic mass is 16.7. The third-order valence-corrected chi connectivity index (χ3v) is 4.17. The van der Waals surface area contributed by atoms with E-state index in [9.17, 15) is 4.79 Å². The van der Waals surface area contributed by atoms with Crippen LogP contribution in [0.4, 0.5) is 0 Å². The van der Waals surface area contributed by atoms with Crippen molar-refractivity contribution in [2.45, 2.75) is 51.5 Å². The zero-order valence-corrected chi connectivity index (χ0v) is 14.0. The van der Waals surface area contributed by atoms with E-state index in [1.165, 1.54) is 19.3 Å². The third kappa shape index (κ3) is 4.19. The summed E-state index contributed by atoms with van der Waals surface area (Å²) in [6.45, 7) is 2.75. The van der Waals surface area contributed by atoms with Gasteiger partial charge in [-0.05, 0) is 37.5 Å². The Bertz CT molecular complexity index is 609. The normalized spacial score (nSPS) is 17.6. The van der Waals surface area contributed by atoms with E-state index in [0.29, 0.717) is 29.7 Å². The summed E-state index contributed by atoms with van der Waals surface area (Å²) in [7, 11) is 0. The molecule has 1 heterocycles. The van der Waals surface area contributed by atoms with Crippen LogP contribution in [0.5, 0.6) is 11.5 Å². The van der Waals surface area contributed by atoms with Gasteiger partial charge in [0.2, 0.25) is 6.79 Å². The summed E-state index contributed by atoms with van der Waals surface area (Å²) in [5.74, 6) is 0.992. The molecule has 0 bridgehead atoms. The maximum atomic E-state index is 12.5. The Morgan fingerprint density at radius 2 is 2.04 bits per heavy atom. The van der Waals surface area contributed by atoms with Crippen LogP contribution in [0.3, 0.4) is 0 Å². The molecule has 0 saturated heterocycles. The van der Waals surface area contributed by atoms with E-state index in [4.69, 9.17) is 14.2 Å². The molecule has 1 N–H and O–H groups in total. The Kier molecular flexibility index (Phi) is 5.56. The lowest BCUT2D eigenvalue weighted by molar-refractivity contribution is 0.0964. The smallest absolute Gasteiger partial charge is 0.291 e. The molecular formula is C18H24N2O4. The highest BCUT2D eigenvalue weighted by molar-refractivity contribution is 6.04. The number of nitrogens with zero attached hydrogens (tertiary/aromatic N) is 1. The zero-order valence-electron chi connectivity index (χ0n) is 14.0. The third-order valence-electron chi connectivity index (χ3n) is 4.17. The molecule has 1 aliphatic heterocycles. The SMILES string of the molecule is CCCOC(=NC1CCCCC1)NC(=O)c1ccc2c(c1)OCO2. The van der Waals surface area contributed by atoms with Crippen LogP contribution in [-0.2, 0) is 4.74 Å². The number of carbonyl (C=O) groups is 1. The largest absolute Gasteiger partial charge is 0.465 e. The lowest BCUT2D eigenvalue weighted by Gasteiger charge is -2.19. The van der Waals surface area contributed by atoms with Crippen molar-refractivity contribution in [2.75, 3.05) is 13.4 Å². The van der Waals surface area contributed by atoms with E-state index >= 15 is 0 Å². The fourth-order valence-electron chi connectivity index (χ4n) is 2.89. The average molecular weight is 332 g/mol. The highest BCUT2D eigenvalue weighted by Crippen LogP contribution is 2.32. The number of fused-ring (bicyclic) bond motifs is 1. The standard InChI is InChI=1S/C18H24N2O4/c1-2-10-22-18(19-14-6-4-3-5-7-14)20-17(21)13-8-9-15-16(11-13)24-12-23-15/h8-9,11,14H,2-7,10,12H2,1H3,(H,19,20,21). The molecule has 1 aromatic rings. The van der Waals surface area contributed by atoms with Gasteiger partial charge in [-0.2, -0.15) is 0 Å². The molecule has 1 saturated carbocycles. The molecule has 2 aliphatic rings. The Morgan fingerprint density at radius 1 is 1.25 bits per heavy atom. The first-order valence-corrected chi connectivity index (χ1v) is 8.68. The number of carbonyl (C=O) groups excluding carboxylic acids is 1. The Labute approximate surface area is 142 Å². The zero-order chi connectivity index (χ0) is 16.8. The molecule has 3 rings (SSSR count). The van der Waals surface area contributed by atoms with Crippen LogP contribution in [-0.4, -0.2) is 31.4 Å². The van der Waals surface area contributed by atoms with Crippen molar-refractivity contribution in [1.29, 1.82) is 0 Å².